The lowest BCUT2D eigenvalue weighted by molar-refractivity contribution is -0.0937. The molecule has 1 saturated heterocycles. The maximum Gasteiger partial charge on any atom is 0.357 e. The molecule has 3 aliphatic rings. The van der Waals surface area contributed by atoms with Crippen LogP contribution in [0.4, 0.5) is 8.78 Å². The number of hydrogen-bond acceptors (Lipinski definition) is 7. The first-order valence-electron chi connectivity index (χ1n) is 5.90. The SMILES string of the molecule is O=S1(=O)OC2C3CC(CC31)C2OCC(F)(F)S(=O)(=O)[O-]. The Morgan fingerprint density at radius 2 is 2.00 bits per heavy atom. The van der Waals surface area contributed by atoms with E-state index >= 15 is 0 Å². The topological polar surface area (TPSA) is 110 Å². The highest BCUT2D eigenvalue weighted by molar-refractivity contribution is 7.87. The minimum absolute atomic E-state index is 0.254. The van der Waals surface area contributed by atoms with Gasteiger partial charge in [-0.15, -0.1) is 0 Å². The molecule has 116 valence electrons. The number of alkyl halides is 2. The van der Waals surface area contributed by atoms with E-state index in [1.807, 2.05) is 0 Å². The summed E-state index contributed by atoms with van der Waals surface area (Å²) in [5.74, 6) is -0.565. The molecule has 11 heteroatoms. The zero-order chi connectivity index (χ0) is 14.9. The molecule has 2 bridgehead atoms. The van der Waals surface area contributed by atoms with E-state index in [4.69, 9.17) is 8.92 Å². The zero-order valence-electron chi connectivity index (χ0n) is 9.94. The van der Waals surface area contributed by atoms with E-state index < -0.39 is 49.6 Å². The van der Waals surface area contributed by atoms with Crippen LogP contribution in [0.1, 0.15) is 12.8 Å². The van der Waals surface area contributed by atoms with Crippen LogP contribution < -0.4 is 0 Å². The molecule has 0 amide bonds. The maximum atomic E-state index is 13.0. The monoisotopic (exact) mass is 333 g/mol. The Hall–Kier alpha value is -0.360. The van der Waals surface area contributed by atoms with Gasteiger partial charge >= 0.3 is 5.25 Å². The van der Waals surface area contributed by atoms with E-state index in [-0.39, 0.29) is 18.3 Å². The van der Waals surface area contributed by atoms with E-state index in [1.165, 1.54) is 0 Å². The van der Waals surface area contributed by atoms with Crippen molar-refractivity contribution < 1.29 is 39.1 Å². The van der Waals surface area contributed by atoms with Crippen molar-refractivity contribution in [3.05, 3.63) is 0 Å². The summed E-state index contributed by atoms with van der Waals surface area (Å²) in [7, 11) is -9.51. The highest BCUT2D eigenvalue weighted by atomic mass is 32.2. The number of fused-ring (bicyclic) bond motifs is 1. The molecular formula is C9H11F2O7S2-. The van der Waals surface area contributed by atoms with Gasteiger partial charge in [-0.1, -0.05) is 0 Å². The van der Waals surface area contributed by atoms with Gasteiger partial charge in [-0.05, 0) is 18.8 Å². The average Bonchev–Trinajstić information content (AvgIpc) is 2.86. The average molecular weight is 333 g/mol. The summed E-state index contributed by atoms with van der Waals surface area (Å²) in [6, 6.07) is 0. The molecule has 3 rings (SSSR count). The van der Waals surface area contributed by atoms with Crippen LogP contribution in [-0.2, 0) is 29.2 Å². The molecule has 3 fully saturated rings. The maximum absolute atomic E-state index is 13.0. The minimum atomic E-state index is -5.81. The van der Waals surface area contributed by atoms with Gasteiger partial charge in [0.1, 0.15) is 12.7 Å². The molecule has 0 N–H and O–H groups in total. The second-order valence-electron chi connectivity index (χ2n) is 5.35. The summed E-state index contributed by atoms with van der Waals surface area (Å²) in [6.45, 7) is -1.59. The minimum Gasteiger partial charge on any atom is -0.743 e. The number of rotatable bonds is 4. The third-order valence-corrected chi connectivity index (χ3v) is 6.85. The number of hydrogen-bond donors (Lipinski definition) is 0. The normalized spacial score (nSPS) is 42.2. The highest BCUT2D eigenvalue weighted by Gasteiger charge is 2.64. The number of halogens is 2. The molecule has 0 aromatic heterocycles. The fourth-order valence-electron chi connectivity index (χ4n) is 3.38. The second kappa shape index (κ2) is 4.09. The molecule has 2 aliphatic carbocycles. The van der Waals surface area contributed by atoms with Gasteiger partial charge in [0.25, 0.3) is 10.1 Å². The molecule has 5 unspecified atom stereocenters. The molecule has 7 nitrogen and oxygen atoms in total. The fraction of sp³-hybridized carbons (Fsp3) is 1.00. The Morgan fingerprint density at radius 1 is 1.35 bits per heavy atom. The molecular weight excluding hydrogens is 322 g/mol. The molecule has 1 aliphatic heterocycles. The Balaban J connectivity index is 1.73. The molecule has 20 heavy (non-hydrogen) atoms. The predicted molar refractivity (Wildman–Crippen MR) is 58.2 cm³/mol. The Kier molecular flexibility index (Phi) is 2.98. The van der Waals surface area contributed by atoms with Gasteiger partial charge in [0.05, 0.1) is 11.4 Å². The molecule has 0 aromatic carbocycles. The lowest BCUT2D eigenvalue weighted by Crippen LogP contribution is -2.41. The van der Waals surface area contributed by atoms with Crippen LogP contribution in [0.3, 0.4) is 0 Å². The van der Waals surface area contributed by atoms with Crippen molar-refractivity contribution in [2.24, 2.45) is 11.8 Å². The fourth-order valence-corrected chi connectivity index (χ4v) is 5.47. The van der Waals surface area contributed by atoms with Gasteiger partial charge in [0, 0.05) is 5.92 Å². The lowest BCUT2D eigenvalue weighted by Gasteiger charge is -2.28. The molecule has 0 radical (unpaired) electrons. The quantitative estimate of drug-likeness (QED) is 0.510. The van der Waals surface area contributed by atoms with Crippen molar-refractivity contribution in [1.82, 2.24) is 0 Å². The summed E-state index contributed by atoms with van der Waals surface area (Å²) >= 11 is 0. The third kappa shape index (κ3) is 1.98. The van der Waals surface area contributed by atoms with Crippen molar-refractivity contribution >= 4 is 20.2 Å². The van der Waals surface area contributed by atoms with Gasteiger partial charge in [-0.2, -0.15) is 17.2 Å². The van der Waals surface area contributed by atoms with E-state index in [2.05, 4.69) is 0 Å². The smallest absolute Gasteiger partial charge is 0.357 e. The first kappa shape index (κ1) is 14.6. The van der Waals surface area contributed by atoms with Gasteiger partial charge < -0.3 is 9.29 Å². The van der Waals surface area contributed by atoms with E-state index in [9.17, 15) is 30.2 Å². The Labute approximate surface area is 114 Å². The third-order valence-electron chi connectivity index (χ3n) is 4.22. The largest absolute Gasteiger partial charge is 0.743 e. The zero-order valence-corrected chi connectivity index (χ0v) is 11.6. The van der Waals surface area contributed by atoms with E-state index in [0.29, 0.717) is 6.42 Å². The lowest BCUT2D eigenvalue weighted by atomic mass is 9.94. The Bertz CT molecular complexity index is 629. The van der Waals surface area contributed by atoms with Gasteiger partial charge in [-0.25, -0.2) is 8.42 Å². The standard InChI is InChI=1S/C9H12F2O7S2/c10-9(11,20(14,15)16)3-17-7-4-1-5-6(2-4)19(12,13)18-8(5)7/h4-8H,1-3H2,(H,14,15,16)/p-1. The van der Waals surface area contributed by atoms with Crippen molar-refractivity contribution in [2.75, 3.05) is 6.61 Å². The van der Waals surface area contributed by atoms with E-state index in [0.717, 1.165) is 0 Å². The van der Waals surface area contributed by atoms with Crippen LogP contribution in [0, 0.1) is 11.8 Å². The van der Waals surface area contributed by atoms with Crippen LogP contribution >= 0.6 is 0 Å². The van der Waals surface area contributed by atoms with Gasteiger partial charge in [0.15, 0.2) is 10.1 Å². The summed E-state index contributed by atoms with van der Waals surface area (Å²) in [5.41, 5.74) is 0. The summed E-state index contributed by atoms with van der Waals surface area (Å²) < 4.78 is 90.1. The first-order valence-corrected chi connectivity index (χ1v) is 8.78. The highest BCUT2D eigenvalue weighted by Crippen LogP contribution is 2.55. The Morgan fingerprint density at radius 3 is 2.60 bits per heavy atom. The van der Waals surface area contributed by atoms with Crippen molar-refractivity contribution in [2.45, 2.75) is 35.6 Å². The van der Waals surface area contributed by atoms with Gasteiger partial charge in [0.2, 0.25) is 0 Å². The molecule has 1 heterocycles. The summed E-state index contributed by atoms with van der Waals surface area (Å²) in [5, 5.41) is -5.16. The van der Waals surface area contributed by atoms with Crippen LogP contribution in [0.25, 0.3) is 0 Å². The van der Waals surface area contributed by atoms with E-state index in [1.54, 1.807) is 0 Å². The van der Waals surface area contributed by atoms with Crippen molar-refractivity contribution in [1.29, 1.82) is 0 Å². The van der Waals surface area contributed by atoms with Crippen LogP contribution in [0.5, 0.6) is 0 Å². The van der Waals surface area contributed by atoms with Crippen molar-refractivity contribution in [3.8, 4) is 0 Å². The van der Waals surface area contributed by atoms with Gasteiger partial charge in [-0.3, -0.25) is 4.18 Å². The molecule has 2 saturated carbocycles. The molecule has 5 atom stereocenters. The predicted octanol–water partition coefficient (Wildman–Crippen LogP) is -0.353. The summed E-state index contributed by atoms with van der Waals surface area (Å²) in [4.78, 5) is 0. The second-order valence-corrected chi connectivity index (χ2v) is 8.64. The molecule has 0 spiro atoms. The summed E-state index contributed by atoms with van der Waals surface area (Å²) in [6.07, 6.45) is -1.03. The first-order chi connectivity index (χ1) is 9.03. The van der Waals surface area contributed by atoms with Crippen molar-refractivity contribution in [3.63, 3.8) is 0 Å². The van der Waals surface area contributed by atoms with Crippen LogP contribution in [0.15, 0.2) is 0 Å². The number of ether oxygens (including phenoxy) is 1. The van der Waals surface area contributed by atoms with Crippen LogP contribution in [0.2, 0.25) is 0 Å². The van der Waals surface area contributed by atoms with Crippen LogP contribution in [-0.4, -0.2) is 50.7 Å². The molecule has 0 aromatic rings.